The largest absolute Gasteiger partial charge is 0.419 e. The molecule has 29 heavy (non-hydrogen) atoms. The lowest BCUT2D eigenvalue weighted by Crippen LogP contribution is -2.23. The van der Waals surface area contributed by atoms with E-state index in [1.807, 2.05) is 19.0 Å². The second kappa shape index (κ2) is 7.84. The Labute approximate surface area is 164 Å². The molecule has 0 aliphatic rings. The minimum atomic E-state index is -0.841. The van der Waals surface area contributed by atoms with Gasteiger partial charge in [-0.1, -0.05) is 0 Å². The molecule has 3 aromatic rings. The lowest BCUT2D eigenvalue weighted by molar-refractivity contribution is -0.385. The number of nitro benzene ring substituents is 1. The highest BCUT2D eigenvalue weighted by molar-refractivity contribution is 6.05. The Balaban J connectivity index is 1.92. The Bertz CT molecular complexity index is 1170. The number of halogens is 1. The Morgan fingerprint density at radius 2 is 2.03 bits per heavy atom. The van der Waals surface area contributed by atoms with Gasteiger partial charge in [0.25, 0.3) is 11.6 Å². The molecular weight excluding hydrogens is 383 g/mol. The van der Waals surface area contributed by atoms with E-state index in [0.29, 0.717) is 29.9 Å². The molecule has 0 fully saturated rings. The fraction of sp³-hybridized carbons (Fsp3) is 0.263. The van der Waals surface area contributed by atoms with Crippen molar-refractivity contribution in [3.05, 3.63) is 67.9 Å². The lowest BCUT2D eigenvalue weighted by atomic mass is 10.1. The van der Waals surface area contributed by atoms with E-state index in [-0.39, 0.29) is 11.1 Å². The number of nitrogens with one attached hydrogen (secondary N) is 1. The van der Waals surface area contributed by atoms with Gasteiger partial charge in [-0.15, -0.1) is 0 Å². The Morgan fingerprint density at radius 1 is 1.31 bits per heavy atom. The van der Waals surface area contributed by atoms with Gasteiger partial charge in [0.15, 0.2) is 5.58 Å². The van der Waals surface area contributed by atoms with Crippen LogP contribution in [0.5, 0.6) is 0 Å². The van der Waals surface area contributed by atoms with Gasteiger partial charge in [0, 0.05) is 30.4 Å². The van der Waals surface area contributed by atoms with Crippen molar-refractivity contribution in [2.24, 2.45) is 0 Å². The molecule has 3 rings (SSSR count). The van der Waals surface area contributed by atoms with Crippen LogP contribution in [0.15, 0.2) is 39.5 Å². The number of amides is 1. The van der Waals surface area contributed by atoms with Crippen LogP contribution in [0.4, 0.5) is 15.8 Å². The normalized spacial score (nSPS) is 11.2. The molecule has 0 radical (unpaired) electrons. The number of nitro groups is 1. The zero-order valence-electron chi connectivity index (χ0n) is 16.1. The Hall–Kier alpha value is -3.53. The maximum atomic E-state index is 14.0. The van der Waals surface area contributed by atoms with Gasteiger partial charge in [0.1, 0.15) is 5.82 Å². The van der Waals surface area contributed by atoms with Gasteiger partial charge in [-0.2, -0.15) is 0 Å². The molecule has 0 atom stereocenters. The third kappa shape index (κ3) is 4.16. The lowest BCUT2D eigenvalue weighted by Gasteiger charge is -2.10. The average molecular weight is 402 g/mol. The monoisotopic (exact) mass is 402 g/mol. The Morgan fingerprint density at radius 3 is 2.69 bits per heavy atom. The van der Waals surface area contributed by atoms with Crippen LogP contribution in [0.25, 0.3) is 11.1 Å². The number of hydrogen-bond acceptors (Lipinski definition) is 6. The molecule has 0 saturated carbocycles. The molecule has 0 unspecified atom stereocenters. The number of rotatable bonds is 6. The zero-order chi connectivity index (χ0) is 21.3. The minimum absolute atomic E-state index is 0.142. The molecule has 1 N–H and O–H groups in total. The molecule has 1 aromatic heterocycles. The first-order valence-corrected chi connectivity index (χ1v) is 8.71. The second-order valence-electron chi connectivity index (χ2n) is 6.82. The van der Waals surface area contributed by atoms with Crippen LogP contribution in [0.2, 0.25) is 0 Å². The second-order valence-corrected chi connectivity index (χ2v) is 6.82. The number of carbonyl (C=O) groups is 1. The maximum absolute atomic E-state index is 14.0. The van der Waals surface area contributed by atoms with Crippen molar-refractivity contribution < 1.29 is 18.5 Å². The smallest absolute Gasteiger partial charge is 0.408 e. The third-order valence-corrected chi connectivity index (χ3v) is 4.47. The topological polar surface area (TPSA) is 111 Å². The van der Waals surface area contributed by atoms with Gasteiger partial charge in [-0.05, 0) is 45.3 Å². The molecule has 2 aromatic carbocycles. The predicted octanol–water partition coefficient (Wildman–Crippen LogP) is 2.76. The van der Waals surface area contributed by atoms with Gasteiger partial charge in [0.2, 0.25) is 0 Å². The SMILES string of the molecule is Cc1c(F)cc(C(=O)Nc2ccc3oc(=O)n(CCN(C)C)c3c2)cc1[N+](=O)[O-]. The molecule has 0 saturated heterocycles. The number of carbonyl (C=O) groups excluding carboxylic acids is 1. The van der Waals surface area contributed by atoms with E-state index in [9.17, 15) is 24.1 Å². The molecule has 9 nitrogen and oxygen atoms in total. The summed E-state index contributed by atoms with van der Waals surface area (Å²) in [6, 6.07) is 6.60. The minimum Gasteiger partial charge on any atom is -0.408 e. The summed E-state index contributed by atoms with van der Waals surface area (Å²) in [6.07, 6.45) is 0. The number of anilines is 1. The molecule has 152 valence electrons. The average Bonchev–Trinajstić information content (AvgIpc) is 2.96. The highest BCUT2D eigenvalue weighted by Gasteiger charge is 2.20. The van der Waals surface area contributed by atoms with Crippen molar-refractivity contribution in [2.45, 2.75) is 13.5 Å². The molecule has 0 spiro atoms. The van der Waals surface area contributed by atoms with Crippen LogP contribution in [-0.2, 0) is 6.54 Å². The van der Waals surface area contributed by atoms with E-state index >= 15 is 0 Å². The number of fused-ring (bicyclic) bond motifs is 1. The summed E-state index contributed by atoms with van der Waals surface area (Å²) in [5.74, 6) is -2.06. The summed E-state index contributed by atoms with van der Waals surface area (Å²) in [7, 11) is 3.75. The predicted molar refractivity (Wildman–Crippen MR) is 105 cm³/mol. The van der Waals surface area contributed by atoms with E-state index < -0.39 is 28.1 Å². The van der Waals surface area contributed by atoms with Gasteiger partial charge >= 0.3 is 5.76 Å². The van der Waals surface area contributed by atoms with Crippen LogP contribution in [0, 0.1) is 22.9 Å². The summed E-state index contributed by atoms with van der Waals surface area (Å²) < 4.78 is 20.6. The molecular formula is C19H19FN4O5. The summed E-state index contributed by atoms with van der Waals surface area (Å²) in [6.45, 7) is 2.28. The van der Waals surface area contributed by atoms with Crippen molar-refractivity contribution >= 4 is 28.4 Å². The first-order chi connectivity index (χ1) is 13.7. The Kier molecular flexibility index (Phi) is 5.46. The fourth-order valence-electron chi connectivity index (χ4n) is 2.84. The van der Waals surface area contributed by atoms with Crippen molar-refractivity contribution in [3.63, 3.8) is 0 Å². The maximum Gasteiger partial charge on any atom is 0.419 e. The van der Waals surface area contributed by atoms with Crippen molar-refractivity contribution in [1.82, 2.24) is 9.47 Å². The number of nitrogens with zero attached hydrogens (tertiary/aromatic N) is 3. The summed E-state index contributed by atoms with van der Waals surface area (Å²) >= 11 is 0. The molecule has 0 bridgehead atoms. The number of hydrogen-bond donors (Lipinski definition) is 1. The van der Waals surface area contributed by atoms with Crippen molar-refractivity contribution in [3.8, 4) is 0 Å². The van der Waals surface area contributed by atoms with Crippen LogP contribution in [0.1, 0.15) is 15.9 Å². The summed E-state index contributed by atoms with van der Waals surface area (Å²) in [5, 5.41) is 13.6. The molecule has 1 amide bonds. The first-order valence-electron chi connectivity index (χ1n) is 8.71. The molecule has 1 heterocycles. The highest BCUT2D eigenvalue weighted by atomic mass is 19.1. The standard InChI is InChI=1S/C19H19FN4O5/c1-11-14(20)8-12(9-15(11)24(27)28)18(25)21-13-4-5-17-16(10-13)23(19(26)29-17)7-6-22(2)3/h4-5,8-10H,6-7H2,1-3H3,(H,21,25). The molecule has 10 heteroatoms. The summed E-state index contributed by atoms with van der Waals surface area (Å²) in [4.78, 5) is 36.8. The summed E-state index contributed by atoms with van der Waals surface area (Å²) in [5.41, 5.74) is 0.399. The van der Waals surface area contributed by atoms with Crippen LogP contribution < -0.4 is 11.1 Å². The number of oxazole rings is 1. The van der Waals surface area contributed by atoms with Gasteiger partial charge < -0.3 is 14.6 Å². The van der Waals surface area contributed by atoms with Crippen LogP contribution in [0.3, 0.4) is 0 Å². The van der Waals surface area contributed by atoms with E-state index in [1.165, 1.54) is 23.6 Å². The fourth-order valence-corrected chi connectivity index (χ4v) is 2.84. The van der Waals surface area contributed by atoms with Gasteiger partial charge in [0.05, 0.1) is 16.0 Å². The number of benzene rings is 2. The van der Waals surface area contributed by atoms with E-state index in [2.05, 4.69) is 5.32 Å². The molecule has 0 aliphatic carbocycles. The van der Waals surface area contributed by atoms with Gasteiger partial charge in [-0.3, -0.25) is 19.5 Å². The highest BCUT2D eigenvalue weighted by Crippen LogP contribution is 2.24. The van der Waals surface area contributed by atoms with Crippen LogP contribution in [-0.4, -0.2) is 40.9 Å². The third-order valence-electron chi connectivity index (χ3n) is 4.47. The van der Waals surface area contributed by atoms with E-state index in [1.54, 1.807) is 6.07 Å². The van der Waals surface area contributed by atoms with Crippen LogP contribution >= 0.6 is 0 Å². The van der Waals surface area contributed by atoms with Gasteiger partial charge in [-0.25, -0.2) is 9.18 Å². The molecule has 0 aliphatic heterocycles. The number of likely N-dealkylation sites (N-methyl/N-ethyl adjacent to an activating group) is 1. The van der Waals surface area contributed by atoms with Crippen molar-refractivity contribution in [1.29, 1.82) is 0 Å². The van der Waals surface area contributed by atoms with Crippen molar-refractivity contribution in [2.75, 3.05) is 26.0 Å². The number of aromatic nitrogens is 1. The zero-order valence-corrected chi connectivity index (χ0v) is 16.1. The first kappa shape index (κ1) is 20.2. The van der Waals surface area contributed by atoms with E-state index in [0.717, 1.165) is 12.1 Å². The van der Waals surface area contributed by atoms with E-state index in [4.69, 9.17) is 4.42 Å². The quantitative estimate of drug-likeness (QED) is 0.501.